The Morgan fingerprint density at radius 2 is 2.21 bits per heavy atom. The number of nitrogens with one attached hydrogen (secondary N) is 1. The van der Waals surface area contributed by atoms with Crippen molar-refractivity contribution < 1.29 is 18.7 Å². The van der Waals surface area contributed by atoms with E-state index < -0.39 is 23.8 Å². The van der Waals surface area contributed by atoms with E-state index in [0.29, 0.717) is 0 Å². The zero-order valence-corrected chi connectivity index (χ0v) is 10.6. The molecule has 2 amide bonds. The first kappa shape index (κ1) is 13.7. The molecule has 4 nitrogen and oxygen atoms in total. The van der Waals surface area contributed by atoms with E-state index in [0.717, 1.165) is 31.0 Å². The number of hydrogen-bond acceptors (Lipinski definition) is 2. The molecule has 1 aliphatic rings. The predicted molar refractivity (Wildman–Crippen MR) is 66.7 cm³/mol. The number of aliphatic hydroxyl groups excluding tert-OH is 1. The number of carbonyl (C=O) groups is 1. The first-order chi connectivity index (χ1) is 8.97. The number of urea groups is 1. The molecule has 0 spiro atoms. The number of halogens is 2. The van der Waals surface area contributed by atoms with E-state index in [4.69, 9.17) is 0 Å². The van der Waals surface area contributed by atoms with E-state index in [1.165, 1.54) is 11.9 Å². The van der Waals surface area contributed by atoms with Crippen molar-refractivity contribution in [2.75, 3.05) is 18.9 Å². The Labute approximate surface area is 110 Å². The molecule has 0 heterocycles. The van der Waals surface area contributed by atoms with Gasteiger partial charge in [0.25, 0.3) is 0 Å². The van der Waals surface area contributed by atoms with E-state index in [2.05, 4.69) is 5.32 Å². The fourth-order valence-electron chi connectivity index (χ4n) is 1.80. The molecule has 1 aromatic rings. The maximum absolute atomic E-state index is 13.3. The van der Waals surface area contributed by atoms with E-state index in [-0.39, 0.29) is 18.2 Å². The molecule has 1 saturated carbocycles. The van der Waals surface area contributed by atoms with Crippen LogP contribution in [0.5, 0.6) is 0 Å². The number of nitrogens with zero attached hydrogens (tertiary/aromatic N) is 1. The summed E-state index contributed by atoms with van der Waals surface area (Å²) in [6.07, 6.45) is 1.37. The quantitative estimate of drug-likeness (QED) is 0.881. The zero-order chi connectivity index (χ0) is 14.0. The lowest BCUT2D eigenvalue weighted by Gasteiger charge is -2.21. The number of amides is 2. The molecule has 1 fully saturated rings. The zero-order valence-electron chi connectivity index (χ0n) is 10.6. The van der Waals surface area contributed by atoms with Crippen molar-refractivity contribution in [3.63, 3.8) is 0 Å². The van der Waals surface area contributed by atoms with Gasteiger partial charge in [-0.25, -0.2) is 13.6 Å². The molecule has 1 aromatic carbocycles. The summed E-state index contributed by atoms with van der Waals surface area (Å²) in [6.45, 7) is 0.174. The molecule has 104 valence electrons. The van der Waals surface area contributed by atoms with Crippen LogP contribution < -0.4 is 5.32 Å². The van der Waals surface area contributed by atoms with Crippen molar-refractivity contribution in [1.29, 1.82) is 0 Å². The highest BCUT2D eigenvalue weighted by Crippen LogP contribution is 2.32. The summed E-state index contributed by atoms with van der Waals surface area (Å²) in [5, 5.41) is 12.0. The van der Waals surface area contributed by atoms with Crippen LogP contribution in [-0.4, -0.2) is 35.7 Å². The lowest BCUT2D eigenvalue weighted by molar-refractivity contribution is 0.117. The van der Waals surface area contributed by atoms with Crippen molar-refractivity contribution >= 4 is 11.7 Å². The fraction of sp³-hybridized carbons (Fsp3) is 0.462. The first-order valence-corrected chi connectivity index (χ1v) is 6.12. The Morgan fingerprint density at radius 1 is 1.53 bits per heavy atom. The standard InChI is InChI=1S/C13H16F2N2O2/c1-17(7-12(18)8-2-3-8)13(19)16-11-6-9(14)4-5-10(11)15/h4-6,8,12,18H,2-3,7H2,1H3,(H,16,19). The summed E-state index contributed by atoms with van der Waals surface area (Å²) < 4.78 is 26.3. The van der Waals surface area contributed by atoms with Gasteiger partial charge in [0.15, 0.2) is 0 Å². The number of carbonyl (C=O) groups excluding carboxylic acids is 1. The Hall–Kier alpha value is -1.69. The highest BCUT2D eigenvalue weighted by molar-refractivity contribution is 5.89. The largest absolute Gasteiger partial charge is 0.391 e. The summed E-state index contributed by atoms with van der Waals surface area (Å²) in [6, 6.07) is 2.26. The van der Waals surface area contributed by atoms with Crippen LogP contribution in [0.2, 0.25) is 0 Å². The van der Waals surface area contributed by atoms with Crippen LogP contribution in [0.4, 0.5) is 19.3 Å². The summed E-state index contributed by atoms with van der Waals surface area (Å²) >= 11 is 0. The Balaban J connectivity index is 1.93. The minimum atomic E-state index is -0.703. The van der Waals surface area contributed by atoms with Gasteiger partial charge in [-0.1, -0.05) is 0 Å². The van der Waals surface area contributed by atoms with Gasteiger partial charge < -0.3 is 15.3 Å². The smallest absolute Gasteiger partial charge is 0.321 e. The topological polar surface area (TPSA) is 52.6 Å². The van der Waals surface area contributed by atoms with Crippen LogP contribution in [0.15, 0.2) is 18.2 Å². The van der Waals surface area contributed by atoms with Crippen LogP contribution in [0.3, 0.4) is 0 Å². The molecule has 1 unspecified atom stereocenters. The van der Waals surface area contributed by atoms with Crippen LogP contribution in [-0.2, 0) is 0 Å². The maximum Gasteiger partial charge on any atom is 0.321 e. The summed E-state index contributed by atoms with van der Waals surface area (Å²) in [7, 11) is 1.50. The molecule has 2 N–H and O–H groups in total. The second-order valence-corrected chi connectivity index (χ2v) is 4.84. The molecule has 19 heavy (non-hydrogen) atoms. The minimum Gasteiger partial charge on any atom is -0.391 e. The number of rotatable bonds is 4. The van der Waals surface area contributed by atoms with Gasteiger partial charge in [-0.05, 0) is 30.9 Å². The third kappa shape index (κ3) is 3.64. The van der Waals surface area contributed by atoms with Gasteiger partial charge in [0.05, 0.1) is 11.8 Å². The minimum absolute atomic E-state index is 0.174. The van der Waals surface area contributed by atoms with E-state index >= 15 is 0 Å². The number of aliphatic hydroxyl groups is 1. The van der Waals surface area contributed by atoms with E-state index in [9.17, 15) is 18.7 Å². The van der Waals surface area contributed by atoms with Gasteiger partial charge in [0.1, 0.15) is 11.6 Å². The van der Waals surface area contributed by atoms with Crippen LogP contribution in [0.1, 0.15) is 12.8 Å². The molecule has 1 aliphatic carbocycles. The number of hydrogen-bond donors (Lipinski definition) is 2. The summed E-state index contributed by atoms with van der Waals surface area (Å²) in [5.41, 5.74) is -0.210. The van der Waals surface area contributed by atoms with Crippen molar-refractivity contribution in [1.82, 2.24) is 4.90 Å². The average Bonchev–Trinajstić information content (AvgIpc) is 3.17. The number of anilines is 1. The third-order valence-corrected chi connectivity index (χ3v) is 3.14. The molecule has 6 heteroatoms. The monoisotopic (exact) mass is 270 g/mol. The molecule has 0 aliphatic heterocycles. The normalized spacial score (nSPS) is 16.0. The Kier molecular flexibility index (Phi) is 3.99. The van der Waals surface area contributed by atoms with Crippen LogP contribution in [0, 0.1) is 17.6 Å². The lowest BCUT2D eigenvalue weighted by atomic mass is 10.2. The van der Waals surface area contributed by atoms with Gasteiger partial charge in [-0.3, -0.25) is 0 Å². The van der Waals surface area contributed by atoms with Crippen LogP contribution in [0.25, 0.3) is 0 Å². The molecule has 0 saturated heterocycles. The van der Waals surface area contributed by atoms with Crippen molar-refractivity contribution in [2.24, 2.45) is 5.92 Å². The number of likely N-dealkylation sites (N-methyl/N-ethyl adjacent to an activating group) is 1. The molecule has 0 aromatic heterocycles. The van der Waals surface area contributed by atoms with Crippen molar-refractivity contribution in [3.05, 3.63) is 29.8 Å². The van der Waals surface area contributed by atoms with Crippen LogP contribution >= 0.6 is 0 Å². The average molecular weight is 270 g/mol. The third-order valence-electron chi connectivity index (χ3n) is 3.14. The molecule has 0 bridgehead atoms. The van der Waals surface area contributed by atoms with Gasteiger partial charge in [0, 0.05) is 19.7 Å². The second-order valence-electron chi connectivity index (χ2n) is 4.84. The lowest BCUT2D eigenvalue weighted by Crippen LogP contribution is -2.38. The molecular weight excluding hydrogens is 254 g/mol. The van der Waals surface area contributed by atoms with Gasteiger partial charge in [-0.2, -0.15) is 0 Å². The van der Waals surface area contributed by atoms with E-state index in [1.807, 2.05) is 0 Å². The van der Waals surface area contributed by atoms with E-state index in [1.54, 1.807) is 0 Å². The SMILES string of the molecule is CN(CC(O)C1CC1)C(=O)Nc1cc(F)ccc1F. The van der Waals surface area contributed by atoms with Crippen molar-refractivity contribution in [2.45, 2.75) is 18.9 Å². The van der Waals surface area contributed by atoms with Gasteiger partial charge in [-0.15, -0.1) is 0 Å². The van der Waals surface area contributed by atoms with Gasteiger partial charge >= 0.3 is 6.03 Å². The highest BCUT2D eigenvalue weighted by Gasteiger charge is 2.31. The summed E-state index contributed by atoms with van der Waals surface area (Å²) in [5.74, 6) is -1.08. The van der Waals surface area contributed by atoms with Crippen molar-refractivity contribution in [3.8, 4) is 0 Å². The molecule has 0 radical (unpaired) electrons. The molecular formula is C13H16F2N2O2. The van der Waals surface area contributed by atoms with Gasteiger partial charge in [0.2, 0.25) is 0 Å². The molecule has 2 rings (SSSR count). The Bertz CT molecular complexity index is 478. The second kappa shape index (κ2) is 5.52. The Morgan fingerprint density at radius 3 is 2.84 bits per heavy atom. The predicted octanol–water partition coefficient (Wildman–Crippen LogP) is 2.20. The maximum atomic E-state index is 13.3. The number of benzene rings is 1. The summed E-state index contributed by atoms with van der Waals surface area (Å²) in [4.78, 5) is 13.0. The first-order valence-electron chi connectivity index (χ1n) is 6.12. The fourth-order valence-corrected chi connectivity index (χ4v) is 1.80. The molecule has 1 atom stereocenters. The highest BCUT2D eigenvalue weighted by atomic mass is 19.1.